The molecule has 8 N–H and O–H groups in total. The zero-order valence-electron chi connectivity index (χ0n) is 46.3. The first kappa shape index (κ1) is 74.6. The number of aryl methyl sites for hydroxylation is 1. The number of carbonyl (C=O) groups is 8. The third-order valence-corrected chi connectivity index (χ3v) is 10.4. The standard InChI is InChI=1S/C16H22N2O6.C13H16N2O7.C12H14N2O7.C9H16N2O7/c19-15(10-6-1-2-7-11-24-18(22)23)17-14(16(20)21)12-13-8-4-3-5-9-13;1-9(12(16)17)14-13(18)22-11-6-4-10(5-7-11)3-2-8-21-15(19)20;1-8(11(15)16)13-12(17)21-10-4-2-9(3-5-10)6-7-20-14(18)19;1-7(8(12)13)10-9(14)17-5-3-2-4-6-18-11(15)16/h3-5,8-9,14H,1-2,6-7,10-12H2,(H,17,19)(H,20,21);4-7,9H,2-3,8H2,1H3,(H,14,18)(H,16,17);2-5,8H,6-7H2,1H3,(H,13,17)(H,15,16);7H,2-6H2,1H3,(H,10,14)(H,12,13). The van der Waals surface area contributed by atoms with E-state index in [-0.39, 0.29) is 63.3 Å². The summed E-state index contributed by atoms with van der Waals surface area (Å²) in [7, 11) is 0. The van der Waals surface area contributed by atoms with Crippen molar-refractivity contribution in [1.82, 2.24) is 21.3 Å². The van der Waals surface area contributed by atoms with Crippen LogP contribution in [0.2, 0.25) is 0 Å². The van der Waals surface area contributed by atoms with Gasteiger partial charge >= 0.3 is 42.2 Å². The van der Waals surface area contributed by atoms with E-state index in [1.165, 1.54) is 32.9 Å². The highest BCUT2D eigenvalue weighted by Gasteiger charge is 2.21. The van der Waals surface area contributed by atoms with Gasteiger partial charge in [0.15, 0.2) is 0 Å². The molecule has 0 aliphatic rings. The third kappa shape index (κ3) is 42.2. The Bertz CT molecular complexity index is 2560. The first-order valence-electron chi connectivity index (χ1n) is 25.6. The lowest BCUT2D eigenvalue weighted by molar-refractivity contribution is -0.757. The SMILES string of the molecule is CC(NC(=O)OCCCCCO[N+](=O)[O-])C(=O)O.CC(NC(=O)Oc1ccc(CCCO[N+](=O)[O-])cc1)C(=O)O.CC(NC(=O)Oc1ccc(CCO[N+](=O)[O-])cc1)C(=O)O.O=C(CCCCCCO[N+](=O)[O-])NC(Cc1ccccc1)C(=O)O. The van der Waals surface area contributed by atoms with Crippen LogP contribution in [0.1, 0.15) is 95.2 Å². The topological polar surface area (TPSA) is 503 Å². The number of alkyl carbamates (subject to hydrolysis) is 1. The van der Waals surface area contributed by atoms with Crippen LogP contribution in [0.5, 0.6) is 11.5 Å². The number of benzene rings is 3. The number of carboxylic acid groups (broad SMARTS) is 4. The predicted octanol–water partition coefficient (Wildman–Crippen LogP) is 4.91. The lowest BCUT2D eigenvalue weighted by Crippen LogP contribution is -2.42. The zero-order chi connectivity index (χ0) is 64.1. The summed E-state index contributed by atoms with van der Waals surface area (Å²) in [6.45, 7) is 4.08. The van der Waals surface area contributed by atoms with Gasteiger partial charge in [-0.1, -0.05) is 67.4 Å². The Morgan fingerprint density at radius 1 is 0.424 bits per heavy atom. The number of carboxylic acids is 4. The second-order valence-corrected chi connectivity index (χ2v) is 17.3. The van der Waals surface area contributed by atoms with Crippen LogP contribution in [-0.2, 0) is 67.3 Å². The summed E-state index contributed by atoms with van der Waals surface area (Å²) in [6, 6.07) is 17.8. The summed E-state index contributed by atoms with van der Waals surface area (Å²) in [5.41, 5.74) is 2.51. The van der Waals surface area contributed by atoms with E-state index in [0.29, 0.717) is 57.8 Å². The van der Waals surface area contributed by atoms with E-state index < -0.39 is 86.7 Å². The molecule has 35 heteroatoms. The zero-order valence-corrected chi connectivity index (χ0v) is 46.3. The number of nitrogens with zero attached hydrogens (tertiary/aromatic N) is 4. The fourth-order valence-corrected chi connectivity index (χ4v) is 6.01. The Morgan fingerprint density at radius 3 is 1.22 bits per heavy atom. The minimum Gasteiger partial charge on any atom is -0.480 e. The molecule has 4 atom stereocenters. The molecule has 0 spiro atoms. The molecule has 0 fully saturated rings. The van der Waals surface area contributed by atoms with Gasteiger partial charge in [0.1, 0.15) is 42.3 Å². The maximum absolute atomic E-state index is 11.8. The van der Waals surface area contributed by atoms with Gasteiger partial charge in [0.2, 0.25) is 5.91 Å². The number of nitrogens with one attached hydrogen (secondary N) is 4. The fraction of sp³-hybridized carbons (Fsp3) is 0.480. The van der Waals surface area contributed by atoms with E-state index >= 15 is 0 Å². The van der Waals surface area contributed by atoms with E-state index in [4.69, 9.17) is 29.5 Å². The van der Waals surface area contributed by atoms with Crippen molar-refractivity contribution in [1.29, 1.82) is 0 Å². The average molecular weight is 1210 g/mol. The summed E-state index contributed by atoms with van der Waals surface area (Å²) in [4.78, 5) is 145. The van der Waals surface area contributed by atoms with Gasteiger partial charge in [-0.15, -0.1) is 40.5 Å². The Labute approximate surface area is 483 Å². The molecule has 0 heterocycles. The van der Waals surface area contributed by atoms with Gasteiger partial charge in [-0.3, -0.25) is 19.2 Å². The summed E-state index contributed by atoms with van der Waals surface area (Å²) in [6.07, 6.45) is 3.53. The summed E-state index contributed by atoms with van der Waals surface area (Å²) in [5, 5.41) is 80.2. The molecule has 3 rings (SSSR count). The van der Waals surface area contributed by atoms with Crippen LogP contribution >= 0.6 is 0 Å². The molecule has 0 aliphatic heterocycles. The van der Waals surface area contributed by atoms with E-state index in [2.05, 4.69) is 40.6 Å². The monoisotopic (exact) mass is 1210 g/mol. The largest absolute Gasteiger partial charge is 0.480 e. The van der Waals surface area contributed by atoms with Crippen molar-refractivity contribution >= 4 is 48.1 Å². The van der Waals surface area contributed by atoms with Crippen molar-refractivity contribution in [2.75, 3.05) is 33.0 Å². The van der Waals surface area contributed by atoms with Gasteiger partial charge < -0.3 is 75.3 Å². The molecule has 0 saturated carbocycles. The molecular weight excluding hydrogens is 1140 g/mol. The molecule has 35 nitrogen and oxygen atoms in total. The number of unbranched alkanes of at least 4 members (excludes halogenated alkanes) is 5. The number of carbonyl (C=O) groups excluding carboxylic acids is 4. The Kier molecular flexibility index (Phi) is 38.9. The number of ether oxygens (including phenoxy) is 3. The van der Waals surface area contributed by atoms with Crippen molar-refractivity contribution in [2.24, 2.45) is 0 Å². The van der Waals surface area contributed by atoms with Crippen molar-refractivity contribution in [3.8, 4) is 11.5 Å². The van der Waals surface area contributed by atoms with Crippen molar-refractivity contribution < 1.29 is 113 Å². The minimum absolute atomic E-state index is 0.00917. The lowest BCUT2D eigenvalue weighted by Gasteiger charge is -2.14. The summed E-state index contributed by atoms with van der Waals surface area (Å²) in [5.74, 6) is -4.37. The van der Waals surface area contributed by atoms with Gasteiger partial charge in [0, 0.05) is 12.8 Å². The number of aliphatic carboxylic acids is 4. The minimum atomic E-state index is -1.17. The third-order valence-electron chi connectivity index (χ3n) is 10.4. The normalized spacial score (nSPS) is 11.4. The van der Waals surface area contributed by atoms with Crippen LogP contribution in [0.15, 0.2) is 78.9 Å². The quantitative estimate of drug-likeness (QED) is 0.0218. The van der Waals surface area contributed by atoms with Crippen LogP contribution in [0.3, 0.4) is 0 Å². The Balaban J connectivity index is 0.00000111. The van der Waals surface area contributed by atoms with E-state index in [9.17, 15) is 83.9 Å². The van der Waals surface area contributed by atoms with Gasteiger partial charge in [0.25, 0.3) is 20.3 Å². The Morgan fingerprint density at radius 2 is 0.800 bits per heavy atom. The second-order valence-electron chi connectivity index (χ2n) is 17.3. The molecule has 4 amide bonds. The van der Waals surface area contributed by atoms with Gasteiger partial charge in [0.05, 0.1) is 26.4 Å². The molecule has 0 bridgehead atoms. The molecule has 3 aromatic rings. The number of hydrogen-bond donors (Lipinski definition) is 8. The molecule has 0 aromatic heterocycles. The van der Waals surface area contributed by atoms with Gasteiger partial charge in [-0.05, 0) is 113 Å². The molecule has 4 unspecified atom stereocenters. The molecule has 0 aliphatic carbocycles. The summed E-state index contributed by atoms with van der Waals surface area (Å²) >= 11 is 0. The average Bonchev–Trinajstić information content (AvgIpc) is 3.62. The number of rotatable bonds is 36. The highest BCUT2D eigenvalue weighted by atomic mass is 17.0. The molecule has 470 valence electrons. The maximum Gasteiger partial charge on any atom is 0.413 e. The highest BCUT2D eigenvalue weighted by Crippen LogP contribution is 2.15. The van der Waals surface area contributed by atoms with Crippen molar-refractivity contribution in [3.63, 3.8) is 0 Å². The Hall–Kier alpha value is -10.4. The molecule has 3 aromatic carbocycles. The second kappa shape index (κ2) is 44.3. The smallest absolute Gasteiger partial charge is 0.413 e. The molecule has 85 heavy (non-hydrogen) atoms. The maximum atomic E-state index is 11.8. The van der Waals surface area contributed by atoms with Crippen LogP contribution in [0, 0.1) is 40.5 Å². The van der Waals surface area contributed by atoms with E-state index in [1.54, 1.807) is 36.4 Å². The first-order chi connectivity index (χ1) is 40.2. The van der Waals surface area contributed by atoms with Crippen LogP contribution in [-0.4, -0.2) is 146 Å². The van der Waals surface area contributed by atoms with Crippen LogP contribution in [0.4, 0.5) is 14.4 Å². The van der Waals surface area contributed by atoms with Gasteiger partial charge in [-0.2, -0.15) is 0 Å². The molecular formula is C50H68N8O27. The van der Waals surface area contributed by atoms with Crippen LogP contribution in [0.25, 0.3) is 0 Å². The predicted molar refractivity (Wildman–Crippen MR) is 287 cm³/mol. The van der Waals surface area contributed by atoms with Crippen molar-refractivity contribution in [3.05, 3.63) is 136 Å². The first-order valence-corrected chi connectivity index (χ1v) is 25.6. The van der Waals surface area contributed by atoms with E-state index in [1.807, 2.05) is 30.3 Å². The molecule has 0 saturated heterocycles. The summed E-state index contributed by atoms with van der Waals surface area (Å²) < 4.78 is 14.5. The van der Waals surface area contributed by atoms with Crippen molar-refractivity contribution in [2.45, 2.75) is 122 Å². The number of amides is 4. The lowest BCUT2D eigenvalue weighted by atomic mass is 10.1. The van der Waals surface area contributed by atoms with Gasteiger partial charge in [-0.25, -0.2) is 19.2 Å². The molecule has 0 radical (unpaired) electrons. The fourth-order valence-electron chi connectivity index (χ4n) is 6.01. The highest BCUT2D eigenvalue weighted by molar-refractivity contribution is 5.84. The number of hydrogen-bond acceptors (Lipinski definition) is 23. The van der Waals surface area contributed by atoms with Crippen LogP contribution < -0.4 is 30.7 Å². The van der Waals surface area contributed by atoms with E-state index in [0.717, 1.165) is 23.1 Å².